The Kier molecular flexibility index (Phi) is 5.96. The highest BCUT2D eigenvalue weighted by Crippen LogP contribution is 2.47. The van der Waals surface area contributed by atoms with Gasteiger partial charge >= 0.3 is 0 Å². The lowest BCUT2D eigenvalue weighted by Crippen LogP contribution is -2.54. The number of anilines is 1. The Morgan fingerprint density at radius 3 is 2.74 bits per heavy atom. The van der Waals surface area contributed by atoms with Crippen LogP contribution in [0.5, 0.6) is 0 Å². The zero-order valence-electron chi connectivity index (χ0n) is 18.0. The lowest BCUT2D eigenvalue weighted by Gasteiger charge is -2.38. The van der Waals surface area contributed by atoms with Crippen molar-refractivity contribution in [2.24, 2.45) is 22.6 Å². The van der Waals surface area contributed by atoms with Gasteiger partial charge in [-0.25, -0.2) is 4.39 Å². The first-order valence-electron chi connectivity index (χ1n) is 11.3. The quantitative estimate of drug-likeness (QED) is 0.773. The summed E-state index contributed by atoms with van der Waals surface area (Å²) in [6, 6.07) is 6.66. The summed E-state index contributed by atoms with van der Waals surface area (Å²) >= 11 is 1.66. The zero-order chi connectivity index (χ0) is 21.5. The second kappa shape index (κ2) is 8.71. The number of aliphatic imine (C=N–C) groups is 1. The van der Waals surface area contributed by atoms with E-state index in [9.17, 15) is 9.18 Å². The van der Waals surface area contributed by atoms with Gasteiger partial charge in [0.15, 0.2) is 0 Å². The molecule has 8 heteroatoms. The molecule has 168 valence electrons. The van der Waals surface area contributed by atoms with Crippen LogP contribution in [-0.2, 0) is 9.53 Å². The first kappa shape index (κ1) is 21.2. The topological polar surface area (TPSA) is 71.2 Å². The van der Waals surface area contributed by atoms with E-state index in [4.69, 9.17) is 15.5 Å². The molecule has 1 saturated carbocycles. The number of nitrogens with two attached hydrogens (primary N) is 1. The highest BCUT2D eigenvalue weighted by Gasteiger charge is 2.50. The summed E-state index contributed by atoms with van der Waals surface area (Å²) in [4.78, 5) is 22.3. The molecular formula is C23H31FN4O2S. The molecule has 1 aromatic rings. The predicted molar refractivity (Wildman–Crippen MR) is 122 cm³/mol. The van der Waals surface area contributed by atoms with E-state index in [1.165, 1.54) is 11.8 Å². The lowest BCUT2D eigenvalue weighted by atomic mass is 9.75. The number of piperazine rings is 1. The van der Waals surface area contributed by atoms with Crippen molar-refractivity contribution >= 4 is 29.1 Å². The van der Waals surface area contributed by atoms with Crippen molar-refractivity contribution in [2.75, 3.05) is 38.2 Å². The van der Waals surface area contributed by atoms with Gasteiger partial charge < -0.3 is 20.3 Å². The van der Waals surface area contributed by atoms with Gasteiger partial charge in [0, 0.05) is 51.0 Å². The number of halogens is 1. The van der Waals surface area contributed by atoms with Crippen LogP contribution in [0.2, 0.25) is 0 Å². The molecule has 4 aliphatic rings. The van der Waals surface area contributed by atoms with Gasteiger partial charge in [0.05, 0.1) is 11.8 Å². The SMILES string of the molecule is COC1CCC2=NC3SC(C(=O)N4CCN(c5ccccc5F)CC4)C(N)C3CC2C1. The molecule has 6 unspecified atom stereocenters. The number of nitrogens with zero attached hydrogens (tertiary/aromatic N) is 3. The summed E-state index contributed by atoms with van der Waals surface area (Å²) in [5.74, 6) is 0.613. The Bertz CT molecular complexity index is 860. The summed E-state index contributed by atoms with van der Waals surface area (Å²) in [6.45, 7) is 2.46. The molecule has 3 fully saturated rings. The standard InChI is InChI=1S/C23H31FN4O2S/c1-30-15-6-7-18-14(12-15)13-16-20(25)21(31-22(16)26-18)23(29)28-10-8-27(9-11-28)19-5-3-2-4-17(19)24/h2-5,14-16,20-22H,6-13,25H2,1H3. The molecule has 5 rings (SSSR count). The number of thioether (sulfide) groups is 1. The Hall–Kier alpha value is -1.64. The van der Waals surface area contributed by atoms with Gasteiger partial charge in [-0.3, -0.25) is 9.79 Å². The van der Waals surface area contributed by atoms with Gasteiger partial charge in [0.1, 0.15) is 16.4 Å². The van der Waals surface area contributed by atoms with Crippen LogP contribution < -0.4 is 10.6 Å². The summed E-state index contributed by atoms with van der Waals surface area (Å²) < 4.78 is 19.7. The van der Waals surface area contributed by atoms with Crippen LogP contribution in [0.15, 0.2) is 29.3 Å². The molecule has 2 N–H and O–H groups in total. The molecule has 0 bridgehead atoms. The number of rotatable bonds is 3. The second-order valence-electron chi connectivity index (χ2n) is 9.14. The van der Waals surface area contributed by atoms with Crippen molar-refractivity contribution in [3.63, 3.8) is 0 Å². The number of hydrogen-bond donors (Lipinski definition) is 1. The molecule has 1 aromatic carbocycles. The van der Waals surface area contributed by atoms with Crippen molar-refractivity contribution in [3.8, 4) is 0 Å². The fraction of sp³-hybridized carbons (Fsp3) is 0.652. The molecule has 6 nitrogen and oxygen atoms in total. The molecule has 1 aliphatic carbocycles. The second-order valence-corrected chi connectivity index (χ2v) is 10.4. The minimum absolute atomic E-state index is 0.106. The zero-order valence-corrected chi connectivity index (χ0v) is 18.8. The van der Waals surface area contributed by atoms with Gasteiger partial charge in [0.2, 0.25) is 5.91 Å². The number of carbonyl (C=O) groups is 1. The maximum atomic E-state index is 14.1. The third kappa shape index (κ3) is 3.98. The number of hydrogen-bond acceptors (Lipinski definition) is 6. The van der Waals surface area contributed by atoms with E-state index < -0.39 is 0 Å². The maximum absolute atomic E-state index is 14.1. The van der Waals surface area contributed by atoms with Crippen LogP contribution in [0, 0.1) is 17.7 Å². The summed E-state index contributed by atoms with van der Waals surface area (Å²) in [5, 5.41) is -0.133. The van der Waals surface area contributed by atoms with Gasteiger partial charge in [-0.1, -0.05) is 12.1 Å². The molecule has 6 atom stereocenters. The Morgan fingerprint density at radius 1 is 1.23 bits per heavy atom. The molecule has 3 aliphatic heterocycles. The van der Waals surface area contributed by atoms with Crippen LogP contribution >= 0.6 is 11.8 Å². The van der Waals surface area contributed by atoms with E-state index in [1.54, 1.807) is 31.0 Å². The van der Waals surface area contributed by atoms with Crippen LogP contribution in [0.4, 0.5) is 10.1 Å². The molecule has 1 amide bonds. The number of fused-ring (bicyclic) bond motifs is 2. The van der Waals surface area contributed by atoms with Crippen LogP contribution in [0.3, 0.4) is 0 Å². The summed E-state index contributed by atoms with van der Waals surface area (Å²) in [7, 11) is 1.79. The van der Waals surface area contributed by atoms with Crippen molar-refractivity contribution in [3.05, 3.63) is 30.1 Å². The predicted octanol–water partition coefficient (Wildman–Crippen LogP) is 2.52. The van der Waals surface area contributed by atoms with E-state index >= 15 is 0 Å². The molecule has 31 heavy (non-hydrogen) atoms. The smallest absolute Gasteiger partial charge is 0.237 e. The monoisotopic (exact) mass is 446 g/mol. The molecular weight excluding hydrogens is 415 g/mol. The number of benzene rings is 1. The van der Waals surface area contributed by atoms with Crippen LogP contribution in [0.25, 0.3) is 0 Å². The summed E-state index contributed by atoms with van der Waals surface area (Å²) in [6.07, 6.45) is 4.39. The molecule has 2 saturated heterocycles. The van der Waals surface area contributed by atoms with E-state index in [0.717, 1.165) is 25.7 Å². The van der Waals surface area contributed by atoms with E-state index in [2.05, 4.69) is 0 Å². The number of amides is 1. The van der Waals surface area contributed by atoms with E-state index in [-0.39, 0.29) is 34.3 Å². The minimum Gasteiger partial charge on any atom is -0.381 e. The lowest BCUT2D eigenvalue weighted by molar-refractivity contribution is -0.131. The highest BCUT2D eigenvalue weighted by molar-refractivity contribution is 8.01. The highest BCUT2D eigenvalue weighted by atomic mass is 32.2. The van der Waals surface area contributed by atoms with Gasteiger partial charge in [-0.2, -0.15) is 0 Å². The molecule has 0 aromatic heterocycles. The van der Waals surface area contributed by atoms with Crippen molar-refractivity contribution in [1.29, 1.82) is 0 Å². The average molecular weight is 447 g/mol. The summed E-state index contributed by atoms with van der Waals surface area (Å²) in [5.41, 5.74) is 8.56. The third-order valence-electron chi connectivity index (χ3n) is 7.45. The first-order chi connectivity index (χ1) is 15.0. The maximum Gasteiger partial charge on any atom is 0.237 e. The third-order valence-corrected chi connectivity index (χ3v) is 8.99. The molecule has 0 spiro atoms. The molecule has 3 heterocycles. The fourth-order valence-corrected chi connectivity index (χ4v) is 7.27. The van der Waals surface area contributed by atoms with Gasteiger partial charge in [-0.15, -0.1) is 11.8 Å². The fourth-order valence-electron chi connectivity index (χ4n) is 5.63. The number of methoxy groups -OCH3 is 1. The minimum atomic E-state index is -0.238. The van der Waals surface area contributed by atoms with Crippen LogP contribution in [-0.4, -0.2) is 72.6 Å². The van der Waals surface area contributed by atoms with E-state index in [1.807, 2.05) is 15.9 Å². The van der Waals surface area contributed by atoms with Crippen molar-refractivity contribution in [1.82, 2.24) is 4.90 Å². The number of carbonyl (C=O) groups excluding carboxylic acids is 1. The Labute approximate surface area is 187 Å². The van der Waals surface area contributed by atoms with Crippen molar-refractivity contribution in [2.45, 2.75) is 48.5 Å². The number of ether oxygens (including phenoxy) is 1. The van der Waals surface area contributed by atoms with Gasteiger partial charge in [0.25, 0.3) is 0 Å². The van der Waals surface area contributed by atoms with E-state index in [0.29, 0.717) is 43.9 Å². The number of para-hydroxylation sites is 1. The normalized spacial score (nSPS) is 35.4. The Balaban J connectivity index is 1.22. The average Bonchev–Trinajstić information content (AvgIpc) is 3.12. The Morgan fingerprint density at radius 2 is 2.00 bits per heavy atom. The van der Waals surface area contributed by atoms with Crippen LogP contribution in [0.1, 0.15) is 25.7 Å². The molecule has 0 radical (unpaired) electrons. The van der Waals surface area contributed by atoms with Crippen molar-refractivity contribution < 1.29 is 13.9 Å². The largest absolute Gasteiger partial charge is 0.381 e. The first-order valence-corrected chi connectivity index (χ1v) is 12.3. The van der Waals surface area contributed by atoms with Gasteiger partial charge in [-0.05, 0) is 43.7 Å².